The van der Waals surface area contributed by atoms with E-state index in [4.69, 9.17) is 9.47 Å². The fourth-order valence-corrected chi connectivity index (χ4v) is 5.89. The number of phenolic OH excluding ortho intramolecular Hbond substituents is 2. The van der Waals surface area contributed by atoms with Crippen molar-refractivity contribution in [3.8, 4) is 28.7 Å². The number of phenols is 3. The van der Waals surface area contributed by atoms with Crippen LogP contribution in [0.3, 0.4) is 0 Å². The number of aromatic amines is 1. The Balaban J connectivity index is 0.00000129. The van der Waals surface area contributed by atoms with E-state index >= 15 is 8.78 Å². The van der Waals surface area contributed by atoms with E-state index in [1.165, 1.54) is 36.4 Å². The molecule has 20 nitrogen and oxygen atoms in total. The lowest BCUT2D eigenvalue weighted by molar-refractivity contribution is -0.115. The molecule has 0 atom stereocenters. The molecule has 5 amide bonds. The van der Waals surface area contributed by atoms with E-state index in [1.54, 1.807) is 31.3 Å². The summed E-state index contributed by atoms with van der Waals surface area (Å²) in [5.41, 5.74) is -0.395. The average molecular weight is 923 g/mol. The fraction of sp³-hybridized carbons (Fsp3) is 0.111. The largest absolute Gasteiger partial charge is 0.508 e. The molecule has 0 aliphatic heterocycles. The fourth-order valence-electron chi connectivity index (χ4n) is 5.89. The van der Waals surface area contributed by atoms with Gasteiger partial charge in [0, 0.05) is 22.5 Å². The van der Waals surface area contributed by atoms with Gasteiger partial charge in [-0.2, -0.15) is 15.4 Å². The average Bonchev–Trinajstić information content (AvgIpc) is 3.77. The second kappa shape index (κ2) is 21.8. The molecule has 5 aromatic carbocycles. The van der Waals surface area contributed by atoms with Gasteiger partial charge in [-0.25, -0.2) is 13.6 Å². The molecule has 22 heteroatoms. The molecular formula is C45H40F2N8O12. The van der Waals surface area contributed by atoms with Crippen LogP contribution in [0.5, 0.6) is 28.7 Å². The molecule has 0 spiro atoms. The first-order valence-corrected chi connectivity index (χ1v) is 19.3. The number of aromatic nitrogens is 3. The van der Waals surface area contributed by atoms with E-state index in [2.05, 4.69) is 42.0 Å². The summed E-state index contributed by atoms with van der Waals surface area (Å²) in [6, 6.07) is 17.6. The zero-order chi connectivity index (χ0) is 48.9. The number of aromatic hydroxyl groups is 3. The van der Waals surface area contributed by atoms with Crippen LogP contribution in [0.25, 0.3) is 6.08 Å². The predicted octanol–water partition coefficient (Wildman–Crippen LogP) is 5.83. The molecule has 0 bridgehead atoms. The zero-order valence-corrected chi connectivity index (χ0v) is 35.6. The predicted molar refractivity (Wildman–Crippen MR) is 237 cm³/mol. The number of nitrogens with zero attached hydrogens (tertiary/aromatic N) is 2. The van der Waals surface area contributed by atoms with Crippen molar-refractivity contribution in [2.24, 2.45) is 0 Å². The number of methoxy groups -OCH3 is 2. The molecule has 0 fully saturated rings. The molecule has 0 aliphatic rings. The Morgan fingerprint density at radius 2 is 1.27 bits per heavy atom. The summed E-state index contributed by atoms with van der Waals surface area (Å²) < 4.78 is 40.5. The molecule has 0 unspecified atom stereocenters. The summed E-state index contributed by atoms with van der Waals surface area (Å²) in [7, 11) is 2.18. The van der Waals surface area contributed by atoms with Crippen LogP contribution in [-0.4, -0.2) is 92.1 Å². The summed E-state index contributed by atoms with van der Waals surface area (Å²) in [6.45, 7) is 2.86. The number of carbonyl (C=O) groups excluding carboxylic acids is 5. The Bertz CT molecular complexity index is 2850. The van der Waals surface area contributed by atoms with Gasteiger partial charge in [-0.05, 0) is 98.3 Å². The van der Waals surface area contributed by atoms with Gasteiger partial charge in [-0.3, -0.25) is 24.0 Å². The number of carbonyl (C=O) groups is 6. The van der Waals surface area contributed by atoms with Crippen LogP contribution in [0.1, 0.15) is 59.6 Å². The minimum atomic E-state index is -1.46. The van der Waals surface area contributed by atoms with E-state index in [-0.39, 0.29) is 28.4 Å². The Kier molecular flexibility index (Phi) is 15.9. The summed E-state index contributed by atoms with van der Waals surface area (Å²) in [4.78, 5) is 75.3. The number of carboxylic acid groups (broad SMARTS) is 1. The number of amides is 5. The third kappa shape index (κ3) is 12.4. The minimum Gasteiger partial charge on any atom is -0.508 e. The van der Waals surface area contributed by atoms with Gasteiger partial charge in [0.2, 0.25) is 5.91 Å². The van der Waals surface area contributed by atoms with E-state index in [0.717, 1.165) is 44.2 Å². The van der Waals surface area contributed by atoms with Crippen molar-refractivity contribution in [1.29, 1.82) is 0 Å². The van der Waals surface area contributed by atoms with Crippen LogP contribution in [0.4, 0.5) is 31.5 Å². The van der Waals surface area contributed by atoms with E-state index in [0.29, 0.717) is 29.0 Å². The zero-order valence-electron chi connectivity index (χ0n) is 35.6. The first-order chi connectivity index (χ1) is 31.9. The molecule has 67 heavy (non-hydrogen) atoms. The van der Waals surface area contributed by atoms with Crippen LogP contribution in [0.15, 0.2) is 96.7 Å². The van der Waals surface area contributed by atoms with Gasteiger partial charge < -0.3 is 56.5 Å². The lowest BCUT2D eigenvalue weighted by Crippen LogP contribution is -2.33. The molecule has 0 aliphatic carbocycles. The number of hydrogen-bond acceptors (Lipinski definition) is 13. The number of nitrogens with one attached hydrogen (secondary N) is 6. The van der Waals surface area contributed by atoms with Crippen molar-refractivity contribution in [3.63, 3.8) is 0 Å². The number of H-pyrrole nitrogens is 1. The Hall–Kier alpha value is -9.34. The molecule has 346 valence electrons. The van der Waals surface area contributed by atoms with E-state index in [9.17, 15) is 49.2 Å². The SMILES string of the molecule is COc1c(NC(=O)c2ccc(NC(=O)c3c(F)cc(NC(=O)CNC(=O)c4ccc(NC(=O)/C(C)=C/c5ccc(O)cc5)cc4)cc3F)c(OC)c2O)ccc(C(=O)O)c1O.Cc1cn[nH]n1. The highest BCUT2D eigenvalue weighted by Crippen LogP contribution is 2.41. The highest BCUT2D eigenvalue weighted by Gasteiger charge is 2.26. The summed E-state index contributed by atoms with van der Waals surface area (Å²) >= 11 is 0. The monoisotopic (exact) mass is 922 g/mol. The molecule has 6 aromatic rings. The standard InChI is InChI=1S/C42H35F2N5O12.C3H5N3/c1-20(16-21-4-10-25(50)11-5-21)38(54)47-23-8-6-22(7-9-23)39(55)45-19-32(51)46-24-17-28(43)33(29(44)18-24)41(57)49-31-14-12-26(34(52)36(31)60-2)40(56)48-30-15-13-27(42(58)59)35(53)37(30)61-3;1-3-2-4-6-5-3/h4-18,50,52-53H,19H2,1-3H3,(H,45,55)(H,46,51)(H,47,54)(H,48,56)(H,49,57)(H,58,59);2H,1H3,(H,4,5,6)/b20-16+;. The Morgan fingerprint density at radius 1 is 0.701 bits per heavy atom. The number of aromatic carboxylic acids is 1. The van der Waals surface area contributed by atoms with Crippen LogP contribution in [0.2, 0.25) is 0 Å². The maximum Gasteiger partial charge on any atom is 0.339 e. The molecular weight excluding hydrogens is 883 g/mol. The topological polar surface area (TPSA) is 304 Å². The van der Waals surface area contributed by atoms with Crippen LogP contribution in [0, 0.1) is 18.6 Å². The number of benzene rings is 5. The highest BCUT2D eigenvalue weighted by molar-refractivity contribution is 6.11. The van der Waals surface area contributed by atoms with E-state index < -0.39 is 93.3 Å². The maximum atomic E-state index is 15.2. The van der Waals surface area contributed by atoms with Gasteiger partial charge in [0.1, 0.15) is 28.5 Å². The Labute approximate surface area is 378 Å². The number of carboxylic acids is 1. The van der Waals surface area contributed by atoms with Crippen molar-refractivity contribution in [1.82, 2.24) is 20.7 Å². The van der Waals surface area contributed by atoms with Crippen molar-refractivity contribution < 1.29 is 67.4 Å². The van der Waals surface area contributed by atoms with Crippen molar-refractivity contribution >= 4 is 64.3 Å². The summed E-state index contributed by atoms with van der Waals surface area (Å²) in [5.74, 6) is -10.9. The smallest absolute Gasteiger partial charge is 0.339 e. The minimum absolute atomic E-state index is 0.0875. The summed E-state index contributed by atoms with van der Waals surface area (Å²) in [6.07, 6.45) is 3.29. The number of hydrogen-bond donors (Lipinski definition) is 10. The number of aryl methyl sites for hydroxylation is 1. The Morgan fingerprint density at radius 3 is 1.79 bits per heavy atom. The van der Waals surface area contributed by atoms with Crippen molar-refractivity contribution in [2.45, 2.75) is 13.8 Å². The molecule has 0 radical (unpaired) electrons. The molecule has 1 heterocycles. The normalized spacial score (nSPS) is 10.7. The molecule has 0 saturated carbocycles. The lowest BCUT2D eigenvalue weighted by Gasteiger charge is -2.16. The third-order valence-electron chi connectivity index (χ3n) is 9.18. The quantitative estimate of drug-likeness (QED) is 0.0576. The molecule has 0 saturated heterocycles. The number of anilines is 4. The van der Waals surface area contributed by atoms with Gasteiger partial charge >= 0.3 is 5.97 Å². The lowest BCUT2D eigenvalue weighted by atomic mass is 10.1. The van der Waals surface area contributed by atoms with E-state index in [1.807, 2.05) is 6.92 Å². The second-order valence-corrected chi connectivity index (χ2v) is 13.9. The number of halogens is 2. The third-order valence-corrected chi connectivity index (χ3v) is 9.18. The summed E-state index contributed by atoms with van der Waals surface area (Å²) in [5, 5.41) is 61.2. The second-order valence-electron chi connectivity index (χ2n) is 13.9. The van der Waals surface area contributed by atoms with Gasteiger partial charge in [0.25, 0.3) is 23.6 Å². The van der Waals surface area contributed by atoms with Gasteiger partial charge in [0.15, 0.2) is 23.0 Å². The number of rotatable bonds is 14. The van der Waals surface area contributed by atoms with Crippen LogP contribution in [-0.2, 0) is 9.59 Å². The first kappa shape index (κ1) is 48.7. The molecule has 6 rings (SSSR count). The van der Waals surface area contributed by atoms with Crippen molar-refractivity contribution in [3.05, 3.63) is 142 Å². The molecule has 1 aromatic heterocycles. The number of ether oxygens (including phenoxy) is 2. The van der Waals surface area contributed by atoms with Crippen molar-refractivity contribution in [2.75, 3.05) is 42.0 Å². The van der Waals surface area contributed by atoms with Crippen LogP contribution < -0.4 is 36.1 Å². The first-order valence-electron chi connectivity index (χ1n) is 19.3. The molecule has 10 N–H and O–H groups in total. The van der Waals surface area contributed by atoms with Gasteiger partial charge in [-0.15, -0.1) is 0 Å². The highest BCUT2D eigenvalue weighted by atomic mass is 19.1. The van der Waals surface area contributed by atoms with Gasteiger partial charge in [0.05, 0.1) is 49.6 Å². The van der Waals surface area contributed by atoms with Gasteiger partial charge in [-0.1, -0.05) is 12.1 Å². The maximum absolute atomic E-state index is 15.2. The van der Waals surface area contributed by atoms with Crippen LogP contribution >= 0.6 is 0 Å².